The molecule has 0 aliphatic heterocycles. The number of ether oxygens (including phenoxy) is 3. The molecule has 0 spiro atoms. The van der Waals surface area contributed by atoms with Crippen LogP contribution in [0.4, 0.5) is 0 Å². The molecule has 0 bridgehead atoms. The second-order valence-electron chi connectivity index (χ2n) is 18.8. The van der Waals surface area contributed by atoms with Crippen molar-refractivity contribution in [3.63, 3.8) is 0 Å². The van der Waals surface area contributed by atoms with Gasteiger partial charge in [-0.3, -0.25) is 14.4 Å². The Morgan fingerprint density at radius 2 is 0.580 bits per heavy atom. The molecule has 0 heterocycles. The highest BCUT2D eigenvalue weighted by Crippen LogP contribution is 2.14. The lowest BCUT2D eigenvalue weighted by Gasteiger charge is -2.18. The average Bonchev–Trinajstić information content (AvgIpc) is 3.35. The molecular weight excluding hydrogens is 853 g/mol. The van der Waals surface area contributed by atoms with Gasteiger partial charge in [0.1, 0.15) is 13.2 Å². The minimum absolute atomic E-state index is 0.106. The highest BCUT2D eigenvalue weighted by molar-refractivity contribution is 5.71. The van der Waals surface area contributed by atoms with E-state index in [1.54, 1.807) is 0 Å². The molecule has 0 aromatic carbocycles. The number of carbonyl (C=O) groups is 3. The zero-order chi connectivity index (χ0) is 50.0. The summed E-state index contributed by atoms with van der Waals surface area (Å²) in [5, 5.41) is 0. The first-order valence-electron chi connectivity index (χ1n) is 28.7. The van der Waals surface area contributed by atoms with Gasteiger partial charge in [0, 0.05) is 19.3 Å². The molecule has 0 amide bonds. The van der Waals surface area contributed by atoms with Gasteiger partial charge in [-0.25, -0.2) is 0 Å². The first kappa shape index (κ1) is 65.3. The zero-order valence-electron chi connectivity index (χ0n) is 45.0. The number of allylic oxidation sites excluding steroid dienone is 16. The van der Waals surface area contributed by atoms with Gasteiger partial charge < -0.3 is 14.2 Å². The van der Waals surface area contributed by atoms with E-state index in [0.717, 1.165) is 103 Å². The lowest BCUT2D eigenvalue weighted by molar-refractivity contribution is -0.167. The SMILES string of the molecule is CC/C=C\C/C=C\C/C=C\CCCCCCCC(=O)OC[C@H](COC(=O)CCCCCCCCCCC/C=C\C/C=C\CCCCC)OC(=O)CCC/C=C\C/C=C\C/C=C\CCCCCCCC. The van der Waals surface area contributed by atoms with Crippen LogP contribution in [0.2, 0.25) is 0 Å². The lowest BCUT2D eigenvalue weighted by atomic mass is 10.1. The Labute approximate surface area is 426 Å². The zero-order valence-corrected chi connectivity index (χ0v) is 45.0. The van der Waals surface area contributed by atoms with Gasteiger partial charge in [-0.05, 0) is 116 Å². The van der Waals surface area contributed by atoms with E-state index < -0.39 is 6.10 Å². The van der Waals surface area contributed by atoms with E-state index in [1.165, 1.54) is 116 Å². The van der Waals surface area contributed by atoms with Gasteiger partial charge in [-0.15, -0.1) is 0 Å². The summed E-state index contributed by atoms with van der Waals surface area (Å²) in [6.07, 6.45) is 75.4. The molecule has 0 radical (unpaired) electrons. The third-order valence-corrected chi connectivity index (χ3v) is 12.0. The molecule has 0 aliphatic carbocycles. The second kappa shape index (κ2) is 56.9. The number of unbranched alkanes of at least 4 members (excludes halogenated alkanes) is 24. The van der Waals surface area contributed by atoms with E-state index in [0.29, 0.717) is 19.3 Å². The van der Waals surface area contributed by atoms with Crippen molar-refractivity contribution < 1.29 is 28.6 Å². The van der Waals surface area contributed by atoms with Crippen LogP contribution in [-0.2, 0) is 28.6 Å². The normalized spacial score (nSPS) is 12.8. The van der Waals surface area contributed by atoms with E-state index in [2.05, 4.69) is 118 Å². The van der Waals surface area contributed by atoms with Gasteiger partial charge in [-0.2, -0.15) is 0 Å². The van der Waals surface area contributed by atoms with Crippen LogP contribution < -0.4 is 0 Å². The fourth-order valence-corrected chi connectivity index (χ4v) is 7.74. The van der Waals surface area contributed by atoms with Crippen LogP contribution in [-0.4, -0.2) is 37.2 Å². The maximum absolute atomic E-state index is 12.8. The summed E-state index contributed by atoms with van der Waals surface area (Å²) < 4.78 is 16.8. The quantitative estimate of drug-likeness (QED) is 0.0262. The lowest BCUT2D eigenvalue weighted by Crippen LogP contribution is -2.30. The Morgan fingerprint density at radius 1 is 0.304 bits per heavy atom. The number of carbonyl (C=O) groups excluding carboxylic acids is 3. The Hall–Kier alpha value is -3.67. The fraction of sp³-hybridized carbons (Fsp3) is 0.698. The standard InChI is InChI=1S/C63H106O6/c1-4-7-10-13-16-19-22-25-28-30-31-33-35-38-41-44-47-50-53-56-62(65)68-59-60(58-67-61(64)55-52-49-46-43-40-37-34-27-24-21-18-15-12-9-6-3)69-63(66)57-54-51-48-45-42-39-36-32-29-26-23-20-17-14-11-8-5-2/h9,12,16,18-19,21,25-29,34,36,39,45,48,60H,4-8,10-11,13-15,17,20,22-24,30-33,35,37-38,40-44,46-47,49-59H2,1-3H3/b12-9-,19-16-,21-18-,28-25-,29-26-,34-27-,39-36-,48-45-/t60-/m1/s1. The fourth-order valence-electron chi connectivity index (χ4n) is 7.74. The van der Waals surface area contributed by atoms with Gasteiger partial charge in [0.2, 0.25) is 0 Å². The van der Waals surface area contributed by atoms with Gasteiger partial charge in [0.05, 0.1) is 0 Å². The van der Waals surface area contributed by atoms with Crippen LogP contribution in [0.1, 0.15) is 265 Å². The van der Waals surface area contributed by atoms with E-state index >= 15 is 0 Å². The van der Waals surface area contributed by atoms with Crippen molar-refractivity contribution in [1.29, 1.82) is 0 Å². The molecule has 69 heavy (non-hydrogen) atoms. The molecule has 0 aromatic heterocycles. The topological polar surface area (TPSA) is 78.9 Å². The number of esters is 3. The van der Waals surface area contributed by atoms with Crippen molar-refractivity contribution in [2.75, 3.05) is 13.2 Å². The minimum Gasteiger partial charge on any atom is -0.462 e. The minimum atomic E-state index is -0.814. The Kier molecular flexibility index (Phi) is 53.9. The van der Waals surface area contributed by atoms with Crippen LogP contribution in [0, 0.1) is 0 Å². The number of hydrogen-bond donors (Lipinski definition) is 0. The summed E-state index contributed by atoms with van der Waals surface area (Å²) in [7, 11) is 0. The van der Waals surface area contributed by atoms with Gasteiger partial charge in [0.25, 0.3) is 0 Å². The number of rotatable bonds is 51. The molecule has 1 atom stereocenters. The molecule has 0 saturated heterocycles. The van der Waals surface area contributed by atoms with Crippen LogP contribution in [0.25, 0.3) is 0 Å². The molecule has 0 unspecified atom stereocenters. The van der Waals surface area contributed by atoms with E-state index in [-0.39, 0.29) is 37.5 Å². The van der Waals surface area contributed by atoms with Crippen molar-refractivity contribution in [2.45, 2.75) is 271 Å². The van der Waals surface area contributed by atoms with Crippen molar-refractivity contribution in [3.05, 3.63) is 97.2 Å². The van der Waals surface area contributed by atoms with Gasteiger partial charge in [0.15, 0.2) is 6.10 Å². The summed E-state index contributed by atoms with van der Waals surface area (Å²) in [6, 6.07) is 0. The summed E-state index contributed by atoms with van der Waals surface area (Å²) >= 11 is 0. The largest absolute Gasteiger partial charge is 0.462 e. The first-order chi connectivity index (χ1) is 34.0. The van der Waals surface area contributed by atoms with Crippen molar-refractivity contribution in [3.8, 4) is 0 Å². The molecule has 0 aliphatic rings. The monoisotopic (exact) mass is 959 g/mol. The summed E-state index contributed by atoms with van der Waals surface area (Å²) in [5.41, 5.74) is 0. The maximum atomic E-state index is 12.8. The highest BCUT2D eigenvalue weighted by atomic mass is 16.6. The predicted molar refractivity (Wildman–Crippen MR) is 297 cm³/mol. The Balaban J connectivity index is 4.48. The average molecular weight is 960 g/mol. The van der Waals surface area contributed by atoms with E-state index in [9.17, 15) is 14.4 Å². The molecule has 0 saturated carbocycles. The van der Waals surface area contributed by atoms with Crippen molar-refractivity contribution >= 4 is 17.9 Å². The summed E-state index contributed by atoms with van der Waals surface area (Å²) in [4.78, 5) is 38.1. The molecule has 394 valence electrons. The van der Waals surface area contributed by atoms with Crippen LogP contribution in [0.3, 0.4) is 0 Å². The van der Waals surface area contributed by atoms with Crippen LogP contribution in [0.5, 0.6) is 0 Å². The predicted octanol–water partition coefficient (Wildman–Crippen LogP) is 19.3. The second-order valence-corrected chi connectivity index (χ2v) is 18.8. The molecule has 0 fully saturated rings. The summed E-state index contributed by atoms with van der Waals surface area (Å²) in [6.45, 7) is 6.44. The van der Waals surface area contributed by atoms with Crippen LogP contribution >= 0.6 is 0 Å². The summed E-state index contributed by atoms with van der Waals surface area (Å²) in [5.74, 6) is -0.978. The molecule has 6 nitrogen and oxygen atoms in total. The maximum Gasteiger partial charge on any atom is 0.306 e. The van der Waals surface area contributed by atoms with E-state index in [4.69, 9.17) is 14.2 Å². The molecular formula is C63H106O6. The Morgan fingerprint density at radius 3 is 0.957 bits per heavy atom. The molecule has 0 aromatic rings. The van der Waals surface area contributed by atoms with Gasteiger partial charge >= 0.3 is 17.9 Å². The van der Waals surface area contributed by atoms with E-state index in [1.807, 2.05) is 0 Å². The number of hydrogen-bond acceptors (Lipinski definition) is 6. The highest BCUT2D eigenvalue weighted by Gasteiger charge is 2.19. The molecule has 0 N–H and O–H groups in total. The van der Waals surface area contributed by atoms with Gasteiger partial charge in [-0.1, -0.05) is 227 Å². The van der Waals surface area contributed by atoms with Crippen LogP contribution in [0.15, 0.2) is 97.2 Å². The smallest absolute Gasteiger partial charge is 0.306 e. The Bertz CT molecular complexity index is 1380. The first-order valence-corrected chi connectivity index (χ1v) is 28.7. The molecule has 6 heteroatoms. The third kappa shape index (κ3) is 55.1. The third-order valence-electron chi connectivity index (χ3n) is 12.0. The van der Waals surface area contributed by atoms with Crippen molar-refractivity contribution in [2.24, 2.45) is 0 Å². The van der Waals surface area contributed by atoms with Crippen molar-refractivity contribution in [1.82, 2.24) is 0 Å². The molecule has 0 rings (SSSR count).